The molecule has 1 heterocycles. The van der Waals surface area contributed by atoms with Crippen molar-refractivity contribution >= 4 is 33.8 Å². The molecule has 0 aliphatic heterocycles. The molecule has 0 bridgehead atoms. The van der Waals surface area contributed by atoms with Crippen LogP contribution in [0.15, 0.2) is 53.9 Å². The van der Waals surface area contributed by atoms with E-state index in [2.05, 4.69) is 4.98 Å². The first-order valence-corrected chi connectivity index (χ1v) is 8.42. The van der Waals surface area contributed by atoms with Gasteiger partial charge in [-0.2, -0.15) is 0 Å². The van der Waals surface area contributed by atoms with Crippen molar-refractivity contribution in [3.8, 4) is 0 Å². The maximum Gasteiger partial charge on any atom is 0.273 e. The van der Waals surface area contributed by atoms with E-state index in [1.54, 1.807) is 25.1 Å². The van der Waals surface area contributed by atoms with Crippen molar-refractivity contribution in [1.29, 1.82) is 0 Å². The van der Waals surface area contributed by atoms with E-state index in [-0.39, 0.29) is 17.2 Å². The second-order valence-electron chi connectivity index (χ2n) is 5.45. The van der Waals surface area contributed by atoms with Crippen molar-refractivity contribution in [3.63, 3.8) is 0 Å². The van der Waals surface area contributed by atoms with Crippen molar-refractivity contribution in [3.05, 3.63) is 80.8 Å². The van der Waals surface area contributed by atoms with Gasteiger partial charge in [0.1, 0.15) is 0 Å². The molecule has 0 aliphatic carbocycles. The van der Waals surface area contributed by atoms with Gasteiger partial charge in [-0.1, -0.05) is 24.3 Å². The first-order chi connectivity index (χ1) is 12.0. The molecule has 126 valence electrons. The molecule has 0 aliphatic rings. The number of anilines is 2. The van der Waals surface area contributed by atoms with Crippen LogP contribution in [0.5, 0.6) is 0 Å². The maximum absolute atomic E-state index is 13.2. The number of nitro benzene ring substituents is 1. The van der Waals surface area contributed by atoms with Gasteiger partial charge in [0, 0.05) is 17.0 Å². The number of thiazole rings is 1. The van der Waals surface area contributed by atoms with Crippen LogP contribution in [-0.2, 0) is 0 Å². The largest absolute Gasteiger partial charge is 0.273 e. The lowest BCUT2D eigenvalue weighted by Crippen LogP contribution is -2.26. The van der Waals surface area contributed by atoms with E-state index in [1.807, 2.05) is 30.5 Å². The summed E-state index contributed by atoms with van der Waals surface area (Å²) >= 11 is 1.35. The molecule has 0 N–H and O–H groups in total. The summed E-state index contributed by atoms with van der Waals surface area (Å²) in [7, 11) is 0. The Bertz CT molecular complexity index is 938. The molecule has 2 aromatic carbocycles. The summed E-state index contributed by atoms with van der Waals surface area (Å²) < 4.78 is 0. The van der Waals surface area contributed by atoms with E-state index in [0.717, 1.165) is 5.69 Å². The normalized spacial score (nSPS) is 10.5. The van der Waals surface area contributed by atoms with E-state index < -0.39 is 4.92 Å². The Morgan fingerprint density at radius 1 is 1.12 bits per heavy atom. The van der Waals surface area contributed by atoms with Gasteiger partial charge in [-0.15, -0.1) is 11.3 Å². The molecule has 0 spiro atoms. The summed E-state index contributed by atoms with van der Waals surface area (Å²) in [6.07, 6.45) is 0. The molecule has 7 heteroatoms. The number of nitro groups is 1. The molecular weight excluding hydrogens is 338 g/mol. The average molecular weight is 353 g/mol. The van der Waals surface area contributed by atoms with E-state index in [9.17, 15) is 14.9 Å². The molecule has 0 radical (unpaired) electrons. The molecule has 0 fully saturated rings. The molecule has 0 unspecified atom stereocenters. The minimum atomic E-state index is -0.480. The van der Waals surface area contributed by atoms with E-state index in [1.165, 1.54) is 28.4 Å². The van der Waals surface area contributed by atoms with Gasteiger partial charge in [0.25, 0.3) is 11.6 Å². The number of rotatable bonds is 4. The molecule has 25 heavy (non-hydrogen) atoms. The Kier molecular flexibility index (Phi) is 4.58. The summed E-state index contributed by atoms with van der Waals surface area (Å²) in [4.78, 5) is 29.8. The van der Waals surface area contributed by atoms with Gasteiger partial charge in [0.05, 0.1) is 21.9 Å². The van der Waals surface area contributed by atoms with Crippen molar-refractivity contribution in [1.82, 2.24) is 4.98 Å². The Labute approximate surface area is 148 Å². The molecule has 0 atom stereocenters. The van der Waals surface area contributed by atoms with E-state index >= 15 is 0 Å². The number of aryl methyl sites for hydroxylation is 1. The van der Waals surface area contributed by atoms with Crippen LogP contribution in [0.2, 0.25) is 0 Å². The highest BCUT2D eigenvalue weighted by Crippen LogP contribution is 2.32. The number of nitrogens with zero attached hydrogens (tertiary/aromatic N) is 3. The lowest BCUT2D eigenvalue weighted by atomic mass is 10.1. The second-order valence-corrected chi connectivity index (χ2v) is 6.29. The fourth-order valence-corrected chi connectivity index (χ4v) is 3.33. The van der Waals surface area contributed by atoms with E-state index in [4.69, 9.17) is 0 Å². The highest BCUT2D eigenvalue weighted by Gasteiger charge is 2.26. The molecule has 3 rings (SSSR count). The third-order valence-corrected chi connectivity index (χ3v) is 4.69. The third-order valence-electron chi connectivity index (χ3n) is 3.75. The van der Waals surface area contributed by atoms with Gasteiger partial charge >= 0.3 is 0 Å². The van der Waals surface area contributed by atoms with Crippen molar-refractivity contribution in [2.24, 2.45) is 0 Å². The number of hydrogen-bond acceptors (Lipinski definition) is 5. The predicted molar refractivity (Wildman–Crippen MR) is 97.6 cm³/mol. The summed E-state index contributed by atoms with van der Waals surface area (Å²) in [6, 6.07) is 13.6. The minimum Gasteiger partial charge on any atom is -0.268 e. The lowest BCUT2D eigenvalue weighted by molar-refractivity contribution is -0.385. The van der Waals surface area contributed by atoms with Gasteiger partial charge in [0.15, 0.2) is 5.13 Å². The zero-order valence-electron chi connectivity index (χ0n) is 13.7. The number of benzene rings is 2. The maximum atomic E-state index is 13.2. The monoisotopic (exact) mass is 353 g/mol. The molecular formula is C18H15N3O3S. The van der Waals surface area contributed by atoms with Crippen LogP contribution in [0.3, 0.4) is 0 Å². The standard InChI is InChI=1S/C18H15N3O3S/c1-12-11-25-18(19-12)20(14-7-4-3-5-8-14)17(22)15-9-6-10-16(13(15)2)21(23)24/h3-11H,1-2H3. The number of para-hydroxylation sites is 1. The number of carbonyl (C=O) groups excluding carboxylic acids is 1. The van der Waals surface area contributed by atoms with Crippen LogP contribution in [0.25, 0.3) is 0 Å². The minimum absolute atomic E-state index is 0.0748. The average Bonchev–Trinajstić information content (AvgIpc) is 3.02. The topological polar surface area (TPSA) is 76.3 Å². The Morgan fingerprint density at radius 3 is 2.44 bits per heavy atom. The first-order valence-electron chi connectivity index (χ1n) is 7.54. The Hall–Kier alpha value is -3.06. The zero-order chi connectivity index (χ0) is 18.0. The quantitative estimate of drug-likeness (QED) is 0.505. The SMILES string of the molecule is Cc1csc(N(C(=O)c2cccc([N+](=O)[O-])c2C)c2ccccc2)n1. The van der Waals surface area contributed by atoms with Gasteiger partial charge < -0.3 is 0 Å². The van der Waals surface area contributed by atoms with Crippen molar-refractivity contribution in [2.75, 3.05) is 4.90 Å². The Balaban J connectivity index is 2.13. The second kappa shape index (κ2) is 6.82. The number of amides is 1. The van der Waals surface area contributed by atoms with Crippen molar-refractivity contribution in [2.45, 2.75) is 13.8 Å². The molecule has 1 aromatic heterocycles. The van der Waals surface area contributed by atoms with Crippen LogP contribution in [0, 0.1) is 24.0 Å². The van der Waals surface area contributed by atoms with Crippen LogP contribution in [-0.4, -0.2) is 15.8 Å². The smallest absolute Gasteiger partial charge is 0.268 e. The van der Waals surface area contributed by atoms with Gasteiger partial charge in [0.2, 0.25) is 0 Å². The Morgan fingerprint density at radius 2 is 1.84 bits per heavy atom. The molecule has 1 amide bonds. The summed E-state index contributed by atoms with van der Waals surface area (Å²) in [5, 5.41) is 13.6. The van der Waals surface area contributed by atoms with Crippen LogP contribution >= 0.6 is 11.3 Å². The van der Waals surface area contributed by atoms with Gasteiger partial charge in [-0.3, -0.25) is 19.8 Å². The predicted octanol–water partition coefficient (Wildman–Crippen LogP) is 4.65. The molecule has 0 saturated carbocycles. The van der Waals surface area contributed by atoms with Crippen molar-refractivity contribution < 1.29 is 9.72 Å². The number of hydrogen-bond donors (Lipinski definition) is 0. The molecule has 6 nitrogen and oxygen atoms in total. The molecule has 3 aromatic rings. The van der Waals surface area contributed by atoms with Gasteiger partial charge in [-0.05, 0) is 32.0 Å². The fourth-order valence-electron chi connectivity index (χ4n) is 2.51. The highest BCUT2D eigenvalue weighted by atomic mass is 32.1. The summed E-state index contributed by atoms with van der Waals surface area (Å²) in [5.74, 6) is -0.346. The lowest BCUT2D eigenvalue weighted by Gasteiger charge is -2.21. The summed E-state index contributed by atoms with van der Waals surface area (Å²) in [5.41, 5.74) is 2.02. The summed E-state index contributed by atoms with van der Waals surface area (Å²) in [6.45, 7) is 3.44. The highest BCUT2D eigenvalue weighted by molar-refractivity contribution is 7.14. The third kappa shape index (κ3) is 3.27. The molecule has 0 saturated heterocycles. The first kappa shape index (κ1) is 16.8. The van der Waals surface area contributed by atoms with E-state index in [0.29, 0.717) is 16.4 Å². The van der Waals surface area contributed by atoms with Crippen LogP contribution in [0.4, 0.5) is 16.5 Å². The zero-order valence-corrected chi connectivity index (χ0v) is 14.5. The van der Waals surface area contributed by atoms with Crippen LogP contribution in [0.1, 0.15) is 21.6 Å². The van der Waals surface area contributed by atoms with Gasteiger partial charge in [-0.25, -0.2) is 4.98 Å². The van der Waals surface area contributed by atoms with Crippen LogP contribution < -0.4 is 4.90 Å². The number of aromatic nitrogens is 1. The fraction of sp³-hybridized carbons (Fsp3) is 0.111. The number of carbonyl (C=O) groups is 1.